The number of carbonyl (C=O) groups is 1. The Kier molecular flexibility index (Phi) is 4.84. The van der Waals surface area contributed by atoms with E-state index in [9.17, 15) is 13.2 Å². The van der Waals surface area contributed by atoms with Gasteiger partial charge < -0.3 is 4.90 Å². The van der Waals surface area contributed by atoms with Gasteiger partial charge in [0.25, 0.3) is 5.91 Å². The fourth-order valence-corrected chi connectivity index (χ4v) is 4.20. The quantitative estimate of drug-likeness (QED) is 0.812. The molecule has 7 nitrogen and oxygen atoms in total. The fraction of sp³-hybridized carbons (Fsp3) is 0.692. The molecule has 124 valence electrons. The number of amides is 1. The third-order valence-corrected chi connectivity index (χ3v) is 6.76. The lowest BCUT2D eigenvalue weighted by atomic mass is 10.1. The summed E-state index contributed by atoms with van der Waals surface area (Å²) in [5.41, 5.74) is 0.893. The van der Waals surface area contributed by atoms with Gasteiger partial charge in [-0.3, -0.25) is 9.48 Å². The predicted molar refractivity (Wildman–Crippen MR) is 84.5 cm³/mol. The Labute approximate surface area is 135 Å². The highest BCUT2D eigenvalue weighted by molar-refractivity contribution is 7.89. The summed E-state index contributed by atoms with van der Waals surface area (Å²) in [5, 5.41) is 3.89. The molecule has 0 N–H and O–H groups in total. The number of halogens is 1. The van der Waals surface area contributed by atoms with Crippen molar-refractivity contribution in [1.29, 1.82) is 0 Å². The molecule has 9 heteroatoms. The summed E-state index contributed by atoms with van der Waals surface area (Å²) < 4.78 is 27.3. The van der Waals surface area contributed by atoms with Gasteiger partial charge in [-0.2, -0.15) is 5.10 Å². The normalized spacial score (nSPS) is 19.7. The number of nitrogens with zero attached hydrogens (tertiary/aromatic N) is 4. The number of aromatic nitrogens is 2. The van der Waals surface area contributed by atoms with E-state index in [4.69, 9.17) is 11.6 Å². The smallest absolute Gasteiger partial charge is 0.275 e. The van der Waals surface area contributed by atoms with Crippen molar-refractivity contribution in [2.24, 2.45) is 7.05 Å². The zero-order valence-corrected chi connectivity index (χ0v) is 14.8. The van der Waals surface area contributed by atoms with Gasteiger partial charge in [-0.15, -0.1) is 0 Å². The van der Waals surface area contributed by atoms with Crippen molar-refractivity contribution in [3.05, 3.63) is 16.4 Å². The summed E-state index contributed by atoms with van der Waals surface area (Å²) in [6.07, 6.45) is 1.20. The molecule has 1 aromatic rings. The number of likely N-dealkylation sites (tertiary alicyclic amines) is 1. The third kappa shape index (κ3) is 3.00. The maximum absolute atomic E-state index is 12.6. The van der Waals surface area contributed by atoms with Gasteiger partial charge in [-0.05, 0) is 19.8 Å². The van der Waals surface area contributed by atoms with Gasteiger partial charge in [0.2, 0.25) is 10.0 Å². The van der Waals surface area contributed by atoms with Crippen LogP contribution in [0.4, 0.5) is 0 Å². The van der Waals surface area contributed by atoms with Crippen molar-refractivity contribution in [3.8, 4) is 0 Å². The van der Waals surface area contributed by atoms with Crippen LogP contribution >= 0.6 is 11.6 Å². The van der Waals surface area contributed by atoms with E-state index in [2.05, 4.69) is 5.10 Å². The van der Waals surface area contributed by atoms with Gasteiger partial charge in [0.1, 0.15) is 0 Å². The van der Waals surface area contributed by atoms with Crippen molar-refractivity contribution in [1.82, 2.24) is 19.0 Å². The summed E-state index contributed by atoms with van der Waals surface area (Å²) in [5.74, 6) is -0.313. The second-order valence-corrected chi connectivity index (χ2v) is 8.52. The molecule has 0 bridgehead atoms. The minimum absolute atomic E-state index is 0.172. The maximum atomic E-state index is 12.6. The first kappa shape index (κ1) is 17.2. The first-order chi connectivity index (χ1) is 10.2. The summed E-state index contributed by atoms with van der Waals surface area (Å²) in [6, 6.07) is 0. The highest BCUT2D eigenvalue weighted by Gasteiger charge is 2.35. The van der Waals surface area contributed by atoms with Crippen LogP contribution in [0.5, 0.6) is 0 Å². The lowest BCUT2D eigenvalue weighted by molar-refractivity contribution is 0.0719. The van der Waals surface area contributed by atoms with Crippen LogP contribution in [-0.2, 0) is 17.1 Å². The van der Waals surface area contributed by atoms with E-state index in [0.29, 0.717) is 30.1 Å². The van der Waals surface area contributed by atoms with E-state index in [0.717, 1.165) is 0 Å². The molecule has 1 atom stereocenters. The van der Waals surface area contributed by atoms with Crippen LogP contribution < -0.4 is 0 Å². The molecule has 0 saturated carbocycles. The Bertz CT molecular complexity index is 684. The largest absolute Gasteiger partial charge is 0.336 e. The summed E-state index contributed by atoms with van der Waals surface area (Å²) in [6.45, 7) is 2.47. The van der Waals surface area contributed by atoms with E-state index in [-0.39, 0.29) is 18.1 Å². The van der Waals surface area contributed by atoms with Gasteiger partial charge in [0.15, 0.2) is 5.69 Å². The molecule has 0 aromatic carbocycles. The second-order valence-electron chi connectivity index (χ2n) is 5.71. The van der Waals surface area contributed by atoms with Crippen LogP contribution in [0.15, 0.2) is 0 Å². The first-order valence-electron chi connectivity index (χ1n) is 7.06. The van der Waals surface area contributed by atoms with E-state index in [1.165, 1.54) is 23.3 Å². The number of aryl methyl sites for hydroxylation is 1. The number of carbonyl (C=O) groups excluding carboxylic acids is 1. The van der Waals surface area contributed by atoms with E-state index < -0.39 is 15.3 Å². The van der Waals surface area contributed by atoms with Crippen LogP contribution in [0.2, 0.25) is 5.02 Å². The van der Waals surface area contributed by atoms with E-state index in [1.807, 2.05) is 0 Å². The summed E-state index contributed by atoms with van der Waals surface area (Å²) >= 11 is 6.15. The average Bonchev–Trinajstić information content (AvgIpc) is 2.74. The molecular weight excluding hydrogens is 328 g/mol. The number of piperidine rings is 1. The van der Waals surface area contributed by atoms with Crippen molar-refractivity contribution < 1.29 is 13.2 Å². The standard InChI is InChI=1S/C13H21ClN4O3S/c1-9-11(14)12(15-17(9)4)13(19)18-7-5-6-10(8-18)22(20,21)16(2)3/h10H,5-8H2,1-4H3/t10-/m1/s1. The molecule has 2 heterocycles. The van der Waals surface area contributed by atoms with Gasteiger partial charge in [-0.1, -0.05) is 11.6 Å². The first-order valence-corrected chi connectivity index (χ1v) is 8.94. The Morgan fingerprint density at radius 2 is 2.05 bits per heavy atom. The monoisotopic (exact) mass is 348 g/mol. The predicted octanol–water partition coefficient (Wildman–Crippen LogP) is 0.878. The van der Waals surface area contributed by atoms with Crippen molar-refractivity contribution in [2.45, 2.75) is 25.0 Å². The van der Waals surface area contributed by atoms with Crippen molar-refractivity contribution in [3.63, 3.8) is 0 Å². The minimum atomic E-state index is -3.38. The topological polar surface area (TPSA) is 75.5 Å². The zero-order chi connectivity index (χ0) is 16.7. The second kappa shape index (κ2) is 6.17. The van der Waals surface area contributed by atoms with Crippen LogP contribution in [0.1, 0.15) is 29.0 Å². The molecule has 1 amide bonds. The Morgan fingerprint density at radius 1 is 1.41 bits per heavy atom. The lowest BCUT2D eigenvalue weighted by Gasteiger charge is -2.33. The Morgan fingerprint density at radius 3 is 2.55 bits per heavy atom. The SMILES string of the molecule is Cc1c(Cl)c(C(=O)N2CCC[C@@H](S(=O)(=O)N(C)C)C2)nn1C. The van der Waals surface area contributed by atoms with Crippen molar-refractivity contribution >= 4 is 27.5 Å². The van der Waals surface area contributed by atoms with Crippen molar-refractivity contribution in [2.75, 3.05) is 27.2 Å². The van der Waals surface area contributed by atoms with Crippen LogP contribution in [0.3, 0.4) is 0 Å². The zero-order valence-electron chi connectivity index (χ0n) is 13.2. The molecule has 0 spiro atoms. The number of sulfonamides is 1. The van der Waals surface area contributed by atoms with Crippen LogP contribution in [-0.4, -0.2) is 65.7 Å². The Hall–Kier alpha value is -1.12. The third-order valence-electron chi connectivity index (χ3n) is 4.06. The Balaban J connectivity index is 2.22. The molecule has 1 aliphatic rings. The van der Waals surface area contributed by atoms with Gasteiger partial charge in [0.05, 0.1) is 16.0 Å². The van der Waals surface area contributed by atoms with E-state index >= 15 is 0 Å². The molecule has 1 fully saturated rings. The minimum Gasteiger partial charge on any atom is -0.336 e. The molecule has 0 radical (unpaired) electrons. The molecule has 1 aromatic heterocycles. The molecular formula is C13H21ClN4O3S. The van der Waals surface area contributed by atoms with Crippen LogP contribution in [0.25, 0.3) is 0 Å². The van der Waals surface area contributed by atoms with Gasteiger partial charge in [-0.25, -0.2) is 12.7 Å². The molecule has 0 unspecified atom stereocenters. The molecule has 2 rings (SSSR count). The molecule has 1 aliphatic heterocycles. The van der Waals surface area contributed by atoms with Gasteiger partial charge >= 0.3 is 0 Å². The summed E-state index contributed by atoms with van der Waals surface area (Å²) in [7, 11) is 1.35. The highest BCUT2D eigenvalue weighted by Crippen LogP contribution is 2.24. The average molecular weight is 349 g/mol. The van der Waals surface area contributed by atoms with E-state index in [1.54, 1.807) is 18.7 Å². The van der Waals surface area contributed by atoms with Crippen LogP contribution in [0, 0.1) is 6.92 Å². The maximum Gasteiger partial charge on any atom is 0.275 e. The molecule has 22 heavy (non-hydrogen) atoms. The lowest BCUT2D eigenvalue weighted by Crippen LogP contribution is -2.48. The fourth-order valence-electron chi connectivity index (χ4n) is 2.53. The summed E-state index contributed by atoms with van der Waals surface area (Å²) in [4.78, 5) is 14.1. The molecule has 0 aliphatic carbocycles. The number of rotatable bonds is 3. The molecule has 1 saturated heterocycles. The number of hydrogen-bond acceptors (Lipinski definition) is 4. The highest BCUT2D eigenvalue weighted by atomic mass is 35.5. The number of hydrogen-bond donors (Lipinski definition) is 0. The van der Waals surface area contributed by atoms with Gasteiger partial charge in [0, 0.05) is 34.2 Å².